The van der Waals surface area contributed by atoms with E-state index in [4.69, 9.17) is 5.11 Å². The van der Waals surface area contributed by atoms with Crippen LogP contribution in [-0.2, 0) is 4.79 Å². The van der Waals surface area contributed by atoms with E-state index in [0.29, 0.717) is 0 Å². The fraction of sp³-hybridized carbons (Fsp3) is 0.783. The van der Waals surface area contributed by atoms with E-state index in [2.05, 4.69) is 13.0 Å². The van der Waals surface area contributed by atoms with Crippen LogP contribution >= 0.6 is 0 Å². The van der Waals surface area contributed by atoms with Crippen LogP contribution in [0.25, 0.3) is 0 Å². The Morgan fingerprint density at radius 3 is 2.04 bits per heavy atom. The number of carbonyl (C=O) groups is 1. The highest BCUT2D eigenvalue weighted by molar-refractivity contribution is 5.80. The molecule has 0 heterocycles. The van der Waals surface area contributed by atoms with Gasteiger partial charge in [-0.1, -0.05) is 63.7 Å². The van der Waals surface area contributed by atoms with Crippen LogP contribution in [0.2, 0.25) is 0 Å². The van der Waals surface area contributed by atoms with Gasteiger partial charge in [-0.25, -0.2) is 4.79 Å². The predicted octanol–water partition coefficient (Wildman–Crippen LogP) is 6.77. The molecule has 2 aliphatic carbocycles. The number of aliphatic carboxylic acids is 1. The zero-order chi connectivity index (χ0) is 17.9. The van der Waals surface area contributed by atoms with Crippen LogP contribution < -0.4 is 0 Å². The average molecular weight is 347 g/mol. The van der Waals surface area contributed by atoms with Crippen molar-refractivity contribution in [3.63, 3.8) is 0 Å². The molecule has 0 amide bonds. The van der Waals surface area contributed by atoms with Crippen molar-refractivity contribution in [1.29, 1.82) is 0 Å². The molecule has 0 atom stereocenters. The molecule has 2 aliphatic rings. The van der Waals surface area contributed by atoms with Crippen molar-refractivity contribution in [2.75, 3.05) is 0 Å². The number of carboxylic acid groups (broad SMARTS) is 1. The van der Waals surface area contributed by atoms with Gasteiger partial charge in [0.25, 0.3) is 0 Å². The van der Waals surface area contributed by atoms with E-state index in [1.54, 1.807) is 6.08 Å². The maximum Gasteiger partial charge on any atom is 0.328 e. The number of hydrogen-bond acceptors (Lipinski definition) is 1. The van der Waals surface area contributed by atoms with Gasteiger partial charge in [0.1, 0.15) is 0 Å². The number of unbranched alkanes of at least 4 members (excludes halogenated alkanes) is 2. The minimum absolute atomic E-state index is 0.816. The quantitative estimate of drug-likeness (QED) is 0.284. The van der Waals surface area contributed by atoms with E-state index >= 15 is 0 Å². The van der Waals surface area contributed by atoms with Crippen LogP contribution in [-0.4, -0.2) is 11.1 Å². The minimum Gasteiger partial charge on any atom is -0.478 e. The van der Waals surface area contributed by atoms with Crippen LogP contribution in [0.3, 0.4) is 0 Å². The van der Waals surface area contributed by atoms with Gasteiger partial charge in [-0.15, -0.1) is 0 Å². The summed E-state index contributed by atoms with van der Waals surface area (Å²) in [5.74, 6) is 2.98. The lowest BCUT2D eigenvalue weighted by molar-refractivity contribution is -0.131. The molecule has 0 spiro atoms. The van der Waals surface area contributed by atoms with Crippen LogP contribution in [0.5, 0.6) is 0 Å². The van der Waals surface area contributed by atoms with Gasteiger partial charge in [0.15, 0.2) is 0 Å². The van der Waals surface area contributed by atoms with Gasteiger partial charge in [-0.05, 0) is 68.6 Å². The number of hydrogen-bond donors (Lipinski definition) is 1. The molecular weight excluding hydrogens is 308 g/mol. The summed E-state index contributed by atoms with van der Waals surface area (Å²) in [7, 11) is 0. The third-order valence-electron chi connectivity index (χ3n) is 6.62. The van der Waals surface area contributed by atoms with Gasteiger partial charge in [-0.3, -0.25) is 0 Å². The molecule has 0 aromatic carbocycles. The van der Waals surface area contributed by atoms with Crippen molar-refractivity contribution in [2.45, 2.75) is 90.4 Å². The summed E-state index contributed by atoms with van der Waals surface area (Å²) >= 11 is 0. The van der Waals surface area contributed by atoms with Crippen molar-refractivity contribution in [2.24, 2.45) is 23.7 Å². The Labute approximate surface area is 154 Å². The van der Waals surface area contributed by atoms with Crippen molar-refractivity contribution in [3.8, 4) is 0 Å². The van der Waals surface area contributed by atoms with Crippen molar-refractivity contribution in [3.05, 3.63) is 24.3 Å². The monoisotopic (exact) mass is 346 g/mol. The molecule has 0 radical (unpaired) electrons. The summed E-state index contributed by atoms with van der Waals surface area (Å²) in [6.45, 7) is 2.30. The number of carboxylic acids is 1. The molecule has 0 unspecified atom stereocenters. The Balaban J connectivity index is 1.60. The molecule has 142 valence electrons. The molecule has 0 bridgehead atoms. The Morgan fingerprint density at radius 1 is 0.880 bits per heavy atom. The van der Waals surface area contributed by atoms with Crippen molar-refractivity contribution < 1.29 is 9.90 Å². The summed E-state index contributed by atoms with van der Waals surface area (Å²) < 4.78 is 0. The predicted molar refractivity (Wildman–Crippen MR) is 106 cm³/mol. The van der Waals surface area contributed by atoms with E-state index < -0.39 is 5.97 Å². The Kier molecular flexibility index (Phi) is 9.36. The van der Waals surface area contributed by atoms with Crippen LogP contribution in [0.15, 0.2) is 24.3 Å². The van der Waals surface area contributed by atoms with E-state index in [0.717, 1.165) is 30.1 Å². The molecule has 0 aliphatic heterocycles. The summed E-state index contributed by atoms with van der Waals surface area (Å²) in [4.78, 5) is 10.4. The first-order chi connectivity index (χ1) is 12.2. The van der Waals surface area contributed by atoms with Gasteiger partial charge >= 0.3 is 5.97 Å². The highest BCUT2D eigenvalue weighted by atomic mass is 16.4. The maximum atomic E-state index is 10.4. The molecule has 2 saturated carbocycles. The van der Waals surface area contributed by atoms with Crippen LogP contribution in [0.1, 0.15) is 90.4 Å². The van der Waals surface area contributed by atoms with Gasteiger partial charge < -0.3 is 5.11 Å². The lowest BCUT2D eigenvalue weighted by Gasteiger charge is -2.37. The average Bonchev–Trinajstić information content (AvgIpc) is 2.63. The second kappa shape index (κ2) is 11.5. The van der Waals surface area contributed by atoms with E-state index in [-0.39, 0.29) is 0 Å². The lowest BCUT2D eigenvalue weighted by atomic mass is 9.68. The standard InChI is InChI=1S/C23H38O2/c1-2-3-5-8-19-11-15-21(16-12-19)22-17-13-20(14-18-22)9-6-4-7-10-23(24)25/h4,6-7,10,19-22H,2-3,5,8-9,11-18H2,1H3,(H,24,25)/b6-4+,10-7+/t19-,20-,21-,22-. The third-order valence-corrected chi connectivity index (χ3v) is 6.62. The van der Waals surface area contributed by atoms with Gasteiger partial charge in [-0.2, -0.15) is 0 Å². The normalized spacial score (nSPS) is 30.9. The third kappa shape index (κ3) is 7.79. The SMILES string of the molecule is CCCCC[C@H]1CC[C@H]([C@H]2CC[C@H](C/C=C/C=C/C(=O)O)CC2)CC1. The summed E-state index contributed by atoms with van der Waals surface area (Å²) in [5.41, 5.74) is 0. The first kappa shape index (κ1) is 20.3. The summed E-state index contributed by atoms with van der Waals surface area (Å²) in [6.07, 6.45) is 25.2. The van der Waals surface area contributed by atoms with E-state index in [1.807, 2.05) is 6.08 Å². The Bertz CT molecular complexity index is 421. The smallest absolute Gasteiger partial charge is 0.328 e. The summed E-state index contributed by atoms with van der Waals surface area (Å²) in [5, 5.41) is 8.56. The molecule has 1 N–H and O–H groups in total. The zero-order valence-electron chi connectivity index (χ0n) is 16.2. The van der Waals surface area contributed by atoms with Gasteiger partial charge in [0.2, 0.25) is 0 Å². The first-order valence-electron chi connectivity index (χ1n) is 10.7. The van der Waals surface area contributed by atoms with E-state index in [9.17, 15) is 4.79 Å². The highest BCUT2D eigenvalue weighted by Crippen LogP contribution is 2.42. The van der Waals surface area contributed by atoms with Crippen LogP contribution in [0, 0.1) is 23.7 Å². The van der Waals surface area contributed by atoms with E-state index in [1.165, 1.54) is 83.1 Å². The maximum absolute atomic E-state index is 10.4. The molecule has 2 rings (SSSR count). The molecular formula is C23H38O2. The molecule has 0 aromatic heterocycles. The molecule has 2 heteroatoms. The Hall–Kier alpha value is -1.05. The fourth-order valence-corrected chi connectivity index (χ4v) is 5.01. The molecule has 2 nitrogen and oxygen atoms in total. The van der Waals surface area contributed by atoms with Crippen LogP contribution in [0.4, 0.5) is 0 Å². The second-order valence-electron chi connectivity index (χ2n) is 8.42. The summed E-state index contributed by atoms with van der Waals surface area (Å²) in [6, 6.07) is 0. The molecule has 0 aromatic rings. The lowest BCUT2D eigenvalue weighted by Crippen LogP contribution is -2.25. The van der Waals surface area contributed by atoms with Gasteiger partial charge in [0.05, 0.1) is 0 Å². The fourth-order valence-electron chi connectivity index (χ4n) is 5.01. The first-order valence-corrected chi connectivity index (χ1v) is 10.7. The molecule has 2 fully saturated rings. The largest absolute Gasteiger partial charge is 0.478 e. The zero-order valence-corrected chi connectivity index (χ0v) is 16.2. The number of allylic oxidation sites excluding steroid dienone is 3. The Morgan fingerprint density at radius 2 is 1.48 bits per heavy atom. The molecule has 25 heavy (non-hydrogen) atoms. The molecule has 0 saturated heterocycles. The second-order valence-corrected chi connectivity index (χ2v) is 8.42. The highest BCUT2D eigenvalue weighted by Gasteiger charge is 2.30. The van der Waals surface area contributed by atoms with Gasteiger partial charge in [0, 0.05) is 6.08 Å². The topological polar surface area (TPSA) is 37.3 Å². The van der Waals surface area contributed by atoms with Crippen molar-refractivity contribution in [1.82, 2.24) is 0 Å². The number of rotatable bonds is 9. The van der Waals surface area contributed by atoms with Crippen molar-refractivity contribution >= 4 is 5.97 Å². The minimum atomic E-state index is -0.870.